The number of nitrogens with two attached hydrogens (primary N) is 1. The molecule has 6 heteroatoms. The van der Waals surface area contributed by atoms with Crippen molar-refractivity contribution in [2.45, 2.75) is 5.75 Å². The van der Waals surface area contributed by atoms with Crippen molar-refractivity contribution >= 4 is 22.1 Å². The van der Waals surface area contributed by atoms with Crippen molar-refractivity contribution in [3.8, 4) is 0 Å². The number of benzene rings is 1. The van der Waals surface area contributed by atoms with Gasteiger partial charge in [0.2, 0.25) is 0 Å². The van der Waals surface area contributed by atoms with E-state index in [-0.39, 0.29) is 11.6 Å². The van der Waals surface area contributed by atoms with Gasteiger partial charge in [0.15, 0.2) is 6.29 Å². The molecule has 0 fully saturated rings. The summed E-state index contributed by atoms with van der Waals surface area (Å²) in [5, 5.41) is 0. The highest BCUT2D eigenvalue weighted by Gasteiger charge is 2.23. The highest BCUT2D eigenvalue weighted by atomic mass is 32.2. The van der Waals surface area contributed by atoms with Gasteiger partial charge in [0.25, 0.3) is 10.0 Å². The standard InChI is InChI=1S/C9H8N2O3S/c10-9-8-6(4-12)2-1-3-7(8)5-15(13,14)11-9/h1-4H,5H2,(H2,10,11). The number of amidine groups is 1. The van der Waals surface area contributed by atoms with Gasteiger partial charge in [0.1, 0.15) is 5.84 Å². The highest BCUT2D eigenvalue weighted by molar-refractivity contribution is 7.89. The van der Waals surface area contributed by atoms with Crippen LogP contribution in [0.4, 0.5) is 0 Å². The van der Waals surface area contributed by atoms with Gasteiger partial charge in [-0.3, -0.25) is 4.79 Å². The molecule has 1 aromatic carbocycles. The van der Waals surface area contributed by atoms with Crippen LogP contribution in [0.1, 0.15) is 21.5 Å². The third kappa shape index (κ3) is 1.63. The van der Waals surface area contributed by atoms with E-state index < -0.39 is 10.0 Å². The predicted molar refractivity (Wildman–Crippen MR) is 55.2 cm³/mol. The summed E-state index contributed by atoms with van der Waals surface area (Å²) >= 11 is 0. The zero-order valence-corrected chi connectivity index (χ0v) is 8.49. The molecule has 0 saturated heterocycles. The van der Waals surface area contributed by atoms with E-state index in [4.69, 9.17) is 5.73 Å². The fourth-order valence-electron chi connectivity index (χ4n) is 1.58. The Morgan fingerprint density at radius 3 is 2.80 bits per heavy atom. The molecule has 0 spiro atoms. The van der Waals surface area contributed by atoms with Crippen LogP contribution in [0, 0.1) is 0 Å². The van der Waals surface area contributed by atoms with Gasteiger partial charge in [0.05, 0.1) is 5.75 Å². The van der Waals surface area contributed by atoms with Crippen molar-refractivity contribution in [3.05, 3.63) is 34.9 Å². The minimum atomic E-state index is -3.52. The first-order chi connectivity index (χ1) is 7.03. The van der Waals surface area contributed by atoms with Crippen LogP contribution in [0.2, 0.25) is 0 Å². The number of hydrogen-bond acceptors (Lipinski definition) is 4. The largest absolute Gasteiger partial charge is 0.383 e. The van der Waals surface area contributed by atoms with Crippen LogP contribution < -0.4 is 5.73 Å². The zero-order chi connectivity index (χ0) is 11.1. The van der Waals surface area contributed by atoms with E-state index in [1.54, 1.807) is 18.2 Å². The Labute approximate surface area is 86.7 Å². The summed E-state index contributed by atoms with van der Waals surface area (Å²) in [4.78, 5) is 10.7. The summed E-state index contributed by atoms with van der Waals surface area (Å²) in [6.07, 6.45) is 0.638. The molecule has 2 rings (SSSR count). The Balaban J connectivity index is 2.75. The Morgan fingerprint density at radius 2 is 2.13 bits per heavy atom. The first kappa shape index (κ1) is 9.85. The number of rotatable bonds is 1. The van der Waals surface area contributed by atoms with Crippen molar-refractivity contribution in [1.29, 1.82) is 0 Å². The van der Waals surface area contributed by atoms with Gasteiger partial charge in [-0.2, -0.15) is 0 Å². The van der Waals surface area contributed by atoms with Gasteiger partial charge >= 0.3 is 0 Å². The van der Waals surface area contributed by atoms with Crippen LogP contribution in [-0.2, 0) is 15.8 Å². The maximum absolute atomic E-state index is 11.3. The fourth-order valence-corrected chi connectivity index (χ4v) is 2.66. The van der Waals surface area contributed by atoms with E-state index in [1.165, 1.54) is 0 Å². The third-order valence-electron chi connectivity index (χ3n) is 2.14. The second-order valence-electron chi connectivity index (χ2n) is 3.20. The molecule has 0 amide bonds. The fraction of sp³-hybridized carbons (Fsp3) is 0.111. The Kier molecular flexibility index (Phi) is 2.08. The SMILES string of the molecule is NC1=NS(=O)(=O)Cc2cccc(C=O)c21. The molecular formula is C9H8N2O3S. The van der Waals surface area contributed by atoms with Gasteiger partial charge in [-0.1, -0.05) is 18.2 Å². The summed E-state index contributed by atoms with van der Waals surface area (Å²) < 4.78 is 25.9. The number of carbonyl (C=O) groups is 1. The van der Waals surface area contributed by atoms with Crippen LogP contribution in [0.15, 0.2) is 22.6 Å². The lowest BCUT2D eigenvalue weighted by Gasteiger charge is -2.14. The van der Waals surface area contributed by atoms with E-state index in [1.807, 2.05) is 0 Å². The van der Waals surface area contributed by atoms with Crippen molar-refractivity contribution in [2.75, 3.05) is 0 Å². The molecule has 2 N–H and O–H groups in total. The van der Waals surface area contributed by atoms with Crippen molar-refractivity contribution in [2.24, 2.45) is 10.1 Å². The molecule has 0 atom stereocenters. The number of sulfonamides is 1. The number of carbonyl (C=O) groups excluding carboxylic acids is 1. The molecule has 0 aromatic heterocycles. The predicted octanol–water partition coefficient (Wildman–Crippen LogP) is 0.0478. The molecule has 0 radical (unpaired) electrons. The average molecular weight is 224 g/mol. The summed E-state index contributed by atoms with van der Waals surface area (Å²) in [5.74, 6) is -0.316. The molecule has 0 bridgehead atoms. The lowest BCUT2D eigenvalue weighted by Crippen LogP contribution is -2.25. The number of hydrogen-bond donors (Lipinski definition) is 1. The summed E-state index contributed by atoms with van der Waals surface area (Å²) in [5.41, 5.74) is 6.83. The normalized spacial score (nSPS) is 17.7. The maximum atomic E-state index is 11.3. The summed E-state index contributed by atoms with van der Waals surface area (Å²) in [7, 11) is -3.52. The summed E-state index contributed by atoms with van der Waals surface area (Å²) in [6, 6.07) is 4.82. The number of nitrogens with zero attached hydrogens (tertiary/aromatic N) is 1. The molecular weight excluding hydrogens is 216 g/mol. The first-order valence-corrected chi connectivity index (χ1v) is 5.80. The topological polar surface area (TPSA) is 89.6 Å². The molecule has 1 heterocycles. The van der Waals surface area contributed by atoms with Crippen LogP contribution in [0.3, 0.4) is 0 Å². The number of aldehydes is 1. The van der Waals surface area contributed by atoms with Gasteiger partial charge in [0, 0.05) is 11.1 Å². The van der Waals surface area contributed by atoms with Crippen LogP contribution >= 0.6 is 0 Å². The monoisotopic (exact) mass is 224 g/mol. The Hall–Kier alpha value is -1.69. The van der Waals surface area contributed by atoms with E-state index >= 15 is 0 Å². The Morgan fingerprint density at radius 1 is 1.40 bits per heavy atom. The van der Waals surface area contributed by atoms with Gasteiger partial charge < -0.3 is 5.73 Å². The van der Waals surface area contributed by atoms with E-state index in [0.717, 1.165) is 0 Å². The Bertz CT molecular complexity index is 561. The van der Waals surface area contributed by atoms with Crippen LogP contribution in [0.25, 0.3) is 0 Å². The molecule has 0 aliphatic carbocycles. The van der Waals surface area contributed by atoms with Crippen LogP contribution in [-0.4, -0.2) is 20.5 Å². The van der Waals surface area contributed by atoms with E-state index in [0.29, 0.717) is 23.0 Å². The summed E-state index contributed by atoms with van der Waals surface area (Å²) in [6.45, 7) is 0. The second kappa shape index (κ2) is 3.16. The minimum Gasteiger partial charge on any atom is -0.383 e. The number of fused-ring (bicyclic) bond motifs is 1. The quantitative estimate of drug-likeness (QED) is 0.682. The van der Waals surface area contributed by atoms with Crippen molar-refractivity contribution < 1.29 is 13.2 Å². The average Bonchev–Trinajstić information content (AvgIpc) is 2.14. The lowest BCUT2D eigenvalue weighted by atomic mass is 10.0. The molecule has 78 valence electrons. The van der Waals surface area contributed by atoms with Gasteiger partial charge in [-0.05, 0) is 5.56 Å². The van der Waals surface area contributed by atoms with Crippen molar-refractivity contribution in [3.63, 3.8) is 0 Å². The molecule has 1 aromatic rings. The van der Waals surface area contributed by atoms with E-state index in [9.17, 15) is 13.2 Å². The van der Waals surface area contributed by atoms with Gasteiger partial charge in [-0.15, -0.1) is 4.40 Å². The second-order valence-corrected chi connectivity index (χ2v) is 4.84. The smallest absolute Gasteiger partial charge is 0.259 e. The lowest BCUT2D eigenvalue weighted by molar-refractivity contribution is 0.112. The molecule has 5 nitrogen and oxygen atoms in total. The molecule has 1 aliphatic rings. The first-order valence-electron chi connectivity index (χ1n) is 4.19. The molecule has 1 aliphatic heterocycles. The van der Waals surface area contributed by atoms with Gasteiger partial charge in [-0.25, -0.2) is 8.42 Å². The highest BCUT2D eigenvalue weighted by Crippen LogP contribution is 2.21. The maximum Gasteiger partial charge on any atom is 0.259 e. The van der Waals surface area contributed by atoms with E-state index in [2.05, 4.69) is 4.40 Å². The molecule has 0 unspecified atom stereocenters. The van der Waals surface area contributed by atoms with Crippen molar-refractivity contribution in [1.82, 2.24) is 0 Å². The third-order valence-corrected chi connectivity index (χ3v) is 3.29. The zero-order valence-electron chi connectivity index (χ0n) is 7.67. The minimum absolute atomic E-state index is 0.112. The molecule has 15 heavy (non-hydrogen) atoms. The van der Waals surface area contributed by atoms with Crippen LogP contribution in [0.5, 0.6) is 0 Å². The molecule has 0 saturated carbocycles.